The molecule has 0 spiro atoms. The summed E-state index contributed by atoms with van der Waals surface area (Å²) < 4.78 is 27.2. The molecule has 0 amide bonds. The number of hydrogen-bond acceptors (Lipinski definition) is 4. The van der Waals surface area contributed by atoms with E-state index in [0.717, 1.165) is 0 Å². The molecule has 0 unspecified atom stereocenters. The maximum Gasteiger partial charge on any atom is 0.302 e. The maximum atomic E-state index is 11.2. The summed E-state index contributed by atoms with van der Waals surface area (Å²) in [4.78, 5) is 10.6. The van der Waals surface area contributed by atoms with E-state index in [0.29, 0.717) is 12.0 Å². The topological polar surface area (TPSA) is 86.5 Å². The first kappa shape index (κ1) is 12.7. The van der Waals surface area contributed by atoms with Crippen molar-refractivity contribution < 1.29 is 17.9 Å². The minimum Gasteiger partial charge on any atom is -0.466 e. The Balaban J connectivity index is 2.84. The van der Waals surface area contributed by atoms with Gasteiger partial charge in [-0.15, -0.1) is 0 Å². The monoisotopic (exact) mass is 243 g/mol. The van der Waals surface area contributed by atoms with Gasteiger partial charge in [-0.25, -0.2) is 13.6 Å². The summed E-state index contributed by atoms with van der Waals surface area (Å²) in [6.07, 6.45) is 0.326. The Morgan fingerprint density at radius 1 is 1.38 bits per heavy atom. The number of sulfonamides is 1. The van der Waals surface area contributed by atoms with Crippen LogP contribution in [0.3, 0.4) is 0 Å². The van der Waals surface area contributed by atoms with E-state index in [4.69, 9.17) is 9.88 Å². The molecule has 1 aromatic rings. The lowest BCUT2D eigenvalue weighted by Crippen LogP contribution is -2.15. The number of carbonyl (C=O) groups is 1. The zero-order valence-corrected chi connectivity index (χ0v) is 9.66. The number of esters is 1. The molecule has 0 aromatic heterocycles. The Kier molecular flexibility index (Phi) is 4.03. The molecule has 0 aliphatic carbocycles. The molecule has 0 fully saturated rings. The van der Waals surface area contributed by atoms with Crippen LogP contribution in [0.2, 0.25) is 0 Å². The minimum absolute atomic E-state index is 0.0714. The lowest BCUT2D eigenvalue weighted by atomic mass is 10.2. The van der Waals surface area contributed by atoms with Crippen LogP contribution in [0.1, 0.15) is 12.5 Å². The maximum absolute atomic E-state index is 11.2. The minimum atomic E-state index is -3.72. The average Bonchev–Trinajstić information content (AvgIpc) is 2.16. The number of ether oxygens (including phenoxy) is 1. The largest absolute Gasteiger partial charge is 0.466 e. The molecule has 0 radical (unpaired) electrons. The highest BCUT2D eigenvalue weighted by Crippen LogP contribution is 2.14. The molecule has 0 aliphatic heterocycles. The van der Waals surface area contributed by atoms with Crippen molar-refractivity contribution in [2.75, 3.05) is 6.61 Å². The molecule has 6 heteroatoms. The van der Waals surface area contributed by atoms with Crippen molar-refractivity contribution in [2.24, 2.45) is 5.14 Å². The number of carbonyl (C=O) groups excluding carboxylic acids is 1. The second kappa shape index (κ2) is 5.09. The molecule has 0 atom stereocenters. The van der Waals surface area contributed by atoms with Gasteiger partial charge in [-0.2, -0.15) is 0 Å². The predicted molar refractivity (Wildman–Crippen MR) is 58.2 cm³/mol. The van der Waals surface area contributed by atoms with Crippen molar-refractivity contribution in [1.29, 1.82) is 0 Å². The molecular formula is C10H13NO4S. The average molecular weight is 243 g/mol. The molecule has 5 nitrogen and oxygen atoms in total. The first-order chi connectivity index (χ1) is 7.41. The summed E-state index contributed by atoms with van der Waals surface area (Å²) in [6.45, 7) is 1.44. The molecule has 0 saturated heterocycles. The fourth-order valence-electron chi connectivity index (χ4n) is 1.29. The molecular weight excluding hydrogens is 230 g/mol. The number of primary sulfonamides is 1. The van der Waals surface area contributed by atoms with Crippen molar-refractivity contribution in [3.05, 3.63) is 29.8 Å². The summed E-state index contributed by atoms with van der Waals surface area (Å²) in [5, 5.41) is 5.05. The third kappa shape index (κ3) is 3.63. The number of hydrogen-bond donors (Lipinski definition) is 1. The van der Waals surface area contributed by atoms with Crippen LogP contribution in [0.4, 0.5) is 0 Å². The van der Waals surface area contributed by atoms with Crippen molar-refractivity contribution in [3.63, 3.8) is 0 Å². The van der Waals surface area contributed by atoms with Crippen LogP contribution in [0, 0.1) is 0 Å². The van der Waals surface area contributed by atoms with Crippen LogP contribution in [-0.2, 0) is 26.0 Å². The van der Waals surface area contributed by atoms with Crippen LogP contribution < -0.4 is 5.14 Å². The summed E-state index contributed by atoms with van der Waals surface area (Å²) in [6, 6.07) is 6.37. The van der Waals surface area contributed by atoms with Crippen LogP contribution >= 0.6 is 0 Å². The van der Waals surface area contributed by atoms with Gasteiger partial charge in [0, 0.05) is 13.3 Å². The standard InChI is InChI=1S/C10H13NO4S/c1-8(12)15-7-6-9-4-2-3-5-10(9)16(11,13)14/h2-5H,6-7H2,1H3,(H2,11,13,14). The Morgan fingerprint density at radius 3 is 2.56 bits per heavy atom. The third-order valence-corrected chi connectivity index (χ3v) is 2.97. The molecule has 1 rings (SSSR count). The van der Waals surface area contributed by atoms with E-state index in [1.807, 2.05) is 0 Å². The zero-order chi connectivity index (χ0) is 12.2. The van der Waals surface area contributed by atoms with Gasteiger partial charge in [-0.1, -0.05) is 18.2 Å². The second-order valence-corrected chi connectivity index (χ2v) is 4.77. The molecule has 0 saturated carbocycles. The molecule has 0 aliphatic rings. The van der Waals surface area contributed by atoms with Gasteiger partial charge in [-0.05, 0) is 11.6 Å². The zero-order valence-electron chi connectivity index (χ0n) is 8.84. The van der Waals surface area contributed by atoms with Crippen molar-refractivity contribution in [2.45, 2.75) is 18.2 Å². The second-order valence-electron chi connectivity index (χ2n) is 3.24. The van der Waals surface area contributed by atoms with Gasteiger partial charge in [0.05, 0.1) is 11.5 Å². The third-order valence-electron chi connectivity index (χ3n) is 1.96. The van der Waals surface area contributed by atoms with Crippen LogP contribution in [0.25, 0.3) is 0 Å². The van der Waals surface area contributed by atoms with E-state index in [9.17, 15) is 13.2 Å². The van der Waals surface area contributed by atoms with Crippen molar-refractivity contribution in [3.8, 4) is 0 Å². The molecule has 0 heterocycles. The quantitative estimate of drug-likeness (QED) is 0.777. The fraction of sp³-hybridized carbons (Fsp3) is 0.300. The van der Waals surface area contributed by atoms with Gasteiger partial charge in [0.2, 0.25) is 10.0 Å². The van der Waals surface area contributed by atoms with Gasteiger partial charge in [-0.3, -0.25) is 4.79 Å². The smallest absolute Gasteiger partial charge is 0.302 e. The molecule has 0 bridgehead atoms. The number of rotatable bonds is 4. The predicted octanol–water partition coefficient (Wildman–Crippen LogP) is 0.440. The summed E-state index contributed by atoms with van der Waals surface area (Å²) >= 11 is 0. The first-order valence-electron chi connectivity index (χ1n) is 4.65. The van der Waals surface area contributed by atoms with Crippen LogP contribution in [-0.4, -0.2) is 21.0 Å². The Hall–Kier alpha value is -1.40. The Morgan fingerprint density at radius 2 is 2.00 bits per heavy atom. The highest BCUT2D eigenvalue weighted by molar-refractivity contribution is 7.89. The van der Waals surface area contributed by atoms with Gasteiger partial charge in [0.25, 0.3) is 0 Å². The van der Waals surface area contributed by atoms with Gasteiger partial charge in [0.1, 0.15) is 0 Å². The van der Waals surface area contributed by atoms with E-state index in [1.165, 1.54) is 13.0 Å². The summed E-state index contributed by atoms with van der Waals surface area (Å²) in [5.74, 6) is -0.395. The highest BCUT2D eigenvalue weighted by Gasteiger charge is 2.12. The lowest BCUT2D eigenvalue weighted by molar-refractivity contribution is -0.140. The Labute approximate surface area is 94.3 Å². The van der Waals surface area contributed by atoms with Gasteiger partial charge < -0.3 is 4.74 Å². The fourth-order valence-corrected chi connectivity index (χ4v) is 2.10. The Bertz CT molecular complexity index is 481. The van der Waals surface area contributed by atoms with E-state index in [1.54, 1.807) is 18.2 Å². The van der Waals surface area contributed by atoms with Crippen LogP contribution in [0.5, 0.6) is 0 Å². The van der Waals surface area contributed by atoms with E-state index in [2.05, 4.69) is 0 Å². The molecule has 1 aromatic carbocycles. The van der Waals surface area contributed by atoms with E-state index in [-0.39, 0.29) is 11.5 Å². The van der Waals surface area contributed by atoms with Crippen molar-refractivity contribution in [1.82, 2.24) is 0 Å². The van der Waals surface area contributed by atoms with E-state index < -0.39 is 16.0 Å². The molecule has 2 N–H and O–H groups in total. The summed E-state index contributed by atoms with van der Waals surface area (Å²) in [5.41, 5.74) is 0.547. The molecule has 88 valence electrons. The SMILES string of the molecule is CC(=O)OCCc1ccccc1S(N)(=O)=O. The van der Waals surface area contributed by atoms with E-state index >= 15 is 0 Å². The molecule has 16 heavy (non-hydrogen) atoms. The van der Waals surface area contributed by atoms with Crippen LogP contribution in [0.15, 0.2) is 29.2 Å². The van der Waals surface area contributed by atoms with Crippen molar-refractivity contribution >= 4 is 16.0 Å². The normalized spacial score (nSPS) is 11.1. The number of benzene rings is 1. The first-order valence-corrected chi connectivity index (χ1v) is 6.20. The van der Waals surface area contributed by atoms with Gasteiger partial charge >= 0.3 is 5.97 Å². The highest BCUT2D eigenvalue weighted by atomic mass is 32.2. The van der Waals surface area contributed by atoms with Gasteiger partial charge in [0.15, 0.2) is 0 Å². The lowest BCUT2D eigenvalue weighted by Gasteiger charge is -2.07. The summed E-state index contributed by atoms with van der Waals surface area (Å²) in [7, 11) is -3.72. The number of nitrogens with two attached hydrogens (primary N) is 1.